The first kappa shape index (κ1) is 12.8. The van der Waals surface area contributed by atoms with Crippen LogP contribution in [0.5, 0.6) is 0 Å². The third kappa shape index (κ3) is 2.71. The number of thiophene rings is 1. The van der Waals surface area contributed by atoms with Crippen LogP contribution in [0, 0.1) is 0 Å². The van der Waals surface area contributed by atoms with Gasteiger partial charge in [-0.25, -0.2) is 0 Å². The van der Waals surface area contributed by atoms with Gasteiger partial charge in [-0.15, -0.1) is 11.3 Å². The average Bonchev–Trinajstić information content (AvgIpc) is 2.89. The number of nitrogens with two attached hydrogens (primary N) is 1. The molecule has 1 aliphatic heterocycles. The highest BCUT2D eigenvalue weighted by molar-refractivity contribution is 7.17. The van der Waals surface area contributed by atoms with Crippen LogP contribution in [0.15, 0.2) is 29.6 Å². The van der Waals surface area contributed by atoms with E-state index < -0.39 is 0 Å². The van der Waals surface area contributed by atoms with Crippen molar-refractivity contribution in [2.24, 2.45) is 5.73 Å². The molecule has 0 amide bonds. The molecule has 100 valence electrons. The maximum absolute atomic E-state index is 12.4. The predicted octanol–water partition coefficient (Wildman–Crippen LogP) is 2.51. The van der Waals surface area contributed by atoms with Crippen molar-refractivity contribution in [3.63, 3.8) is 0 Å². The molecule has 19 heavy (non-hydrogen) atoms. The Labute approximate surface area is 117 Å². The molecule has 2 heterocycles. The number of benzene rings is 1. The van der Waals surface area contributed by atoms with Crippen LogP contribution in [-0.4, -0.2) is 36.4 Å². The molecule has 0 radical (unpaired) electrons. The standard InChI is InChI=1S/C15H18N2OS/c16-12-4-7-17(8-5-12)10-14(18)13-3-1-2-11-6-9-19-15(11)13/h1-3,6,9,12H,4-5,7-8,10,16H2. The summed E-state index contributed by atoms with van der Waals surface area (Å²) >= 11 is 1.65. The molecule has 1 aromatic carbocycles. The molecule has 0 unspecified atom stereocenters. The van der Waals surface area contributed by atoms with Crippen molar-refractivity contribution in [3.05, 3.63) is 35.2 Å². The molecule has 1 saturated heterocycles. The fraction of sp³-hybridized carbons (Fsp3) is 0.400. The first-order valence-electron chi connectivity index (χ1n) is 6.71. The number of ketones is 1. The number of likely N-dealkylation sites (tertiary alicyclic amines) is 1. The van der Waals surface area contributed by atoms with Gasteiger partial charge in [-0.3, -0.25) is 9.69 Å². The van der Waals surface area contributed by atoms with E-state index in [4.69, 9.17) is 5.73 Å². The quantitative estimate of drug-likeness (QED) is 0.875. The Hall–Kier alpha value is -1.23. The lowest BCUT2D eigenvalue weighted by Crippen LogP contribution is -2.41. The summed E-state index contributed by atoms with van der Waals surface area (Å²) in [5.74, 6) is 0.225. The highest BCUT2D eigenvalue weighted by Gasteiger charge is 2.20. The molecule has 1 aliphatic rings. The summed E-state index contributed by atoms with van der Waals surface area (Å²) in [6.07, 6.45) is 1.99. The maximum atomic E-state index is 12.4. The molecule has 0 aliphatic carbocycles. The number of carbonyl (C=O) groups excluding carboxylic acids is 1. The monoisotopic (exact) mass is 274 g/mol. The van der Waals surface area contributed by atoms with E-state index in [1.165, 1.54) is 0 Å². The van der Waals surface area contributed by atoms with E-state index in [-0.39, 0.29) is 5.78 Å². The first-order chi connectivity index (χ1) is 9.24. The third-order valence-corrected chi connectivity index (χ3v) is 4.74. The highest BCUT2D eigenvalue weighted by atomic mass is 32.1. The number of rotatable bonds is 3. The van der Waals surface area contributed by atoms with Gasteiger partial charge in [0.15, 0.2) is 5.78 Å². The number of carbonyl (C=O) groups is 1. The van der Waals surface area contributed by atoms with Crippen molar-refractivity contribution in [1.82, 2.24) is 4.90 Å². The molecule has 1 fully saturated rings. The molecular formula is C15H18N2OS. The topological polar surface area (TPSA) is 46.3 Å². The van der Waals surface area contributed by atoms with Gasteiger partial charge in [0.2, 0.25) is 0 Å². The van der Waals surface area contributed by atoms with Crippen LogP contribution in [0.2, 0.25) is 0 Å². The van der Waals surface area contributed by atoms with Gasteiger partial charge in [-0.1, -0.05) is 12.1 Å². The molecule has 3 nitrogen and oxygen atoms in total. The summed E-state index contributed by atoms with van der Waals surface area (Å²) in [6.45, 7) is 2.39. The molecular weight excluding hydrogens is 256 g/mol. The van der Waals surface area contributed by atoms with Gasteiger partial charge in [-0.05, 0) is 35.7 Å². The lowest BCUT2D eigenvalue weighted by Gasteiger charge is -2.29. The number of fused-ring (bicyclic) bond motifs is 1. The van der Waals surface area contributed by atoms with Crippen LogP contribution in [0.3, 0.4) is 0 Å². The number of nitrogens with zero attached hydrogens (tertiary/aromatic N) is 1. The molecule has 2 N–H and O–H groups in total. The molecule has 0 spiro atoms. The molecule has 0 atom stereocenters. The maximum Gasteiger partial charge on any atom is 0.178 e. The molecule has 0 bridgehead atoms. The summed E-state index contributed by atoms with van der Waals surface area (Å²) in [7, 11) is 0. The van der Waals surface area contributed by atoms with Crippen LogP contribution in [-0.2, 0) is 0 Å². The van der Waals surface area contributed by atoms with Gasteiger partial charge in [0.1, 0.15) is 0 Å². The van der Waals surface area contributed by atoms with Crippen LogP contribution in [0.1, 0.15) is 23.2 Å². The first-order valence-corrected chi connectivity index (χ1v) is 7.59. The minimum atomic E-state index is 0.225. The van der Waals surface area contributed by atoms with Crippen molar-refractivity contribution in [2.75, 3.05) is 19.6 Å². The Morgan fingerprint density at radius 3 is 2.89 bits per heavy atom. The summed E-state index contributed by atoms with van der Waals surface area (Å²) in [6, 6.07) is 8.34. The highest BCUT2D eigenvalue weighted by Crippen LogP contribution is 2.25. The van der Waals surface area contributed by atoms with Crippen LogP contribution in [0.25, 0.3) is 10.1 Å². The van der Waals surface area contributed by atoms with E-state index in [1.54, 1.807) is 11.3 Å². The SMILES string of the molecule is NC1CCN(CC(=O)c2cccc3ccsc23)CC1. The Morgan fingerprint density at radius 2 is 2.11 bits per heavy atom. The number of hydrogen-bond acceptors (Lipinski definition) is 4. The number of piperidine rings is 1. The largest absolute Gasteiger partial charge is 0.328 e. The van der Waals surface area contributed by atoms with Crippen molar-refractivity contribution in [2.45, 2.75) is 18.9 Å². The fourth-order valence-corrected chi connectivity index (χ4v) is 3.54. The molecule has 3 rings (SSSR count). The van der Waals surface area contributed by atoms with E-state index >= 15 is 0 Å². The van der Waals surface area contributed by atoms with Gasteiger partial charge in [0, 0.05) is 29.4 Å². The average molecular weight is 274 g/mol. The Bertz CT molecular complexity index is 585. The van der Waals surface area contributed by atoms with Crippen LogP contribution in [0.4, 0.5) is 0 Å². The van der Waals surface area contributed by atoms with Gasteiger partial charge in [-0.2, -0.15) is 0 Å². The zero-order valence-corrected chi connectivity index (χ0v) is 11.7. The summed E-state index contributed by atoms with van der Waals surface area (Å²) < 4.78 is 1.11. The lowest BCUT2D eigenvalue weighted by atomic mass is 10.0. The molecule has 4 heteroatoms. The smallest absolute Gasteiger partial charge is 0.178 e. The predicted molar refractivity (Wildman–Crippen MR) is 79.8 cm³/mol. The summed E-state index contributed by atoms with van der Waals surface area (Å²) in [5.41, 5.74) is 6.75. The second-order valence-corrected chi connectivity index (χ2v) is 6.10. The summed E-state index contributed by atoms with van der Waals surface area (Å²) in [4.78, 5) is 14.7. The zero-order valence-electron chi connectivity index (χ0n) is 10.8. The normalized spacial score (nSPS) is 17.9. The van der Waals surface area contributed by atoms with Crippen molar-refractivity contribution in [1.29, 1.82) is 0 Å². The minimum Gasteiger partial charge on any atom is -0.328 e. The minimum absolute atomic E-state index is 0.225. The summed E-state index contributed by atoms with van der Waals surface area (Å²) in [5, 5.41) is 3.21. The van der Waals surface area contributed by atoms with Gasteiger partial charge >= 0.3 is 0 Å². The number of Topliss-reactive ketones (excluding diaryl/α,β-unsaturated/α-hetero) is 1. The van der Waals surface area contributed by atoms with Crippen molar-refractivity contribution in [3.8, 4) is 0 Å². The second kappa shape index (κ2) is 5.41. The Morgan fingerprint density at radius 1 is 1.32 bits per heavy atom. The van der Waals surface area contributed by atoms with Crippen LogP contribution < -0.4 is 5.73 Å². The Balaban J connectivity index is 1.75. The molecule has 2 aromatic rings. The molecule has 1 aromatic heterocycles. The van der Waals surface area contributed by atoms with E-state index in [1.807, 2.05) is 17.5 Å². The van der Waals surface area contributed by atoms with Gasteiger partial charge in [0.25, 0.3) is 0 Å². The Kier molecular flexibility index (Phi) is 3.64. The molecule has 0 saturated carbocycles. The zero-order chi connectivity index (χ0) is 13.2. The van der Waals surface area contributed by atoms with Crippen molar-refractivity contribution >= 4 is 27.2 Å². The van der Waals surface area contributed by atoms with Gasteiger partial charge < -0.3 is 5.73 Å². The van der Waals surface area contributed by atoms with Crippen LogP contribution >= 0.6 is 11.3 Å². The van der Waals surface area contributed by atoms with E-state index in [9.17, 15) is 4.79 Å². The lowest BCUT2D eigenvalue weighted by molar-refractivity contribution is 0.0911. The van der Waals surface area contributed by atoms with E-state index in [2.05, 4.69) is 17.0 Å². The second-order valence-electron chi connectivity index (χ2n) is 5.18. The third-order valence-electron chi connectivity index (χ3n) is 3.78. The number of hydrogen-bond donors (Lipinski definition) is 1. The van der Waals surface area contributed by atoms with E-state index in [0.717, 1.165) is 41.6 Å². The van der Waals surface area contributed by atoms with Gasteiger partial charge in [0.05, 0.1) is 6.54 Å². The fourth-order valence-electron chi connectivity index (χ4n) is 2.61. The van der Waals surface area contributed by atoms with Crippen molar-refractivity contribution < 1.29 is 4.79 Å². The van der Waals surface area contributed by atoms with E-state index in [0.29, 0.717) is 12.6 Å².